The van der Waals surface area contributed by atoms with Crippen molar-refractivity contribution in [1.82, 2.24) is 4.98 Å². The highest BCUT2D eigenvalue weighted by molar-refractivity contribution is 8.16. The molecule has 0 saturated heterocycles. The monoisotopic (exact) mass is 672 g/mol. The summed E-state index contributed by atoms with van der Waals surface area (Å²) in [6, 6.07) is 11.6. The Hall–Kier alpha value is -2.94. The quantitative estimate of drug-likeness (QED) is 0.216. The number of aliphatic hydroxyl groups excluding tert-OH is 1. The number of nitrogens with zero attached hydrogens (tertiary/aromatic N) is 3. The number of sulfonamides is 2. The van der Waals surface area contributed by atoms with E-state index in [1.165, 1.54) is 31.2 Å². The number of amides is 1. The van der Waals surface area contributed by atoms with Crippen LogP contribution in [0.15, 0.2) is 56.4 Å². The molecule has 10 nitrogen and oxygen atoms in total. The number of thiazole rings is 1. The number of aliphatic hydroxyl groups is 1. The fourth-order valence-corrected chi connectivity index (χ4v) is 11.4. The number of carbonyl (C=O) groups excluding carboxylic acids is 1. The predicted octanol–water partition coefficient (Wildman–Crippen LogP) is 6.74. The lowest BCUT2D eigenvalue weighted by Crippen LogP contribution is -2.41. The van der Waals surface area contributed by atoms with Crippen molar-refractivity contribution in [3.8, 4) is 0 Å². The SMILES string of the molecule is O=C1/C(=C(\O)CS(=O)(=O)Nc2nc3ccc(C4CCCCC4)cc3s2)S(=O)(=O)N=C2Sc3cc(C4CCCCC4)ccc3N12. The van der Waals surface area contributed by atoms with Gasteiger partial charge in [-0.25, -0.2) is 13.4 Å². The van der Waals surface area contributed by atoms with Crippen molar-refractivity contribution >= 4 is 75.3 Å². The van der Waals surface area contributed by atoms with Crippen molar-refractivity contribution < 1.29 is 26.7 Å². The molecule has 14 heteroatoms. The van der Waals surface area contributed by atoms with Gasteiger partial charge < -0.3 is 5.11 Å². The van der Waals surface area contributed by atoms with E-state index in [4.69, 9.17) is 0 Å². The highest BCUT2D eigenvalue weighted by Crippen LogP contribution is 2.46. The molecule has 0 atom stereocenters. The van der Waals surface area contributed by atoms with Crippen molar-refractivity contribution in [1.29, 1.82) is 0 Å². The number of amidine groups is 1. The molecule has 2 N–H and O–H groups in total. The van der Waals surface area contributed by atoms with Crippen LogP contribution in [-0.4, -0.2) is 43.8 Å². The first kappa shape index (κ1) is 29.8. The second-order valence-corrected chi connectivity index (χ2v) is 17.2. The van der Waals surface area contributed by atoms with Gasteiger partial charge in [0.05, 0.1) is 15.9 Å². The number of hydrogen-bond acceptors (Lipinski definition) is 9. The normalized spacial score (nSPS) is 22.0. The smallest absolute Gasteiger partial charge is 0.293 e. The van der Waals surface area contributed by atoms with Gasteiger partial charge in [-0.1, -0.05) is 62.0 Å². The minimum atomic E-state index is -4.66. The van der Waals surface area contributed by atoms with E-state index in [-0.39, 0.29) is 10.3 Å². The maximum absolute atomic E-state index is 13.5. The molecule has 7 rings (SSSR count). The summed E-state index contributed by atoms with van der Waals surface area (Å²) in [4.78, 5) is 18.7. The Balaban J connectivity index is 1.12. The van der Waals surface area contributed by atoms with Crippen molar-refractivity contribution in [3.05, 3.63) is 58.2 Å². The van der Waals surface area contributed by atoms with Gasteiger partial charge >= 0.3 is 0 Å². The third kappa shape index (κ3) is 5.65. The molecule has 3 aromatic rings. The molecular formula is C30H32N4O6S4. The van der Waals surface area contributed by atoms with Crippen molar-refractivity contribution in [3.63, 3.8) is 0 Å². The largest absolute Gasteiger partial charge is 0.509 e. The van der Waals surface area contributed by atoms with Gasteiger partial charge in [0.1, 0.15) is 11.5 Å². The molecule has 4 aliphatic rings. The van der Waals surface area contributed by atoms with Gasteiger partial charge in [-0.2, -0.15) is 8.42 Å². The van der Waals surface area contributed by atoms with Crippen LogP contribution >= 0.6 is 23.1 Å². The van der Waals surface area contributed by atoms with Gasteiger partial charge in [-0.3, -0.25) is 14.4 Å². The maximum atomic E-state index is 13.5. The van der Waals surface area contributed by atoms with E-state index in [0.29, 0.717) is 27.9 Å². The summed E-state index contributed by atoms with van der Waals surface area (Å²) in [7, 11) is -8.99. The Morgan fingerprint density at radius 3 is 2.27 bits per heavy atom. The van der Waals surface area contributed by atoms with E-state index < -0.39 is 42.4 Å². The summed E-state index contributed by atoms with van der Waals surface area (Å²) in [5, 5.41) is 10.9. The molecule has 0 bridgehead atoms. The van der Waals surface area contributed by atoms with Crippen LogP contribution in [0.2, 0.25) is 0 Å². The standard InChI is InChI=1S/C30H32N4O6S4/c35-24(17-43(37,38)32-29-31-22-13-11-20(15-25(22)41-29)18-7-3-1-4-8-18)27-28(36)34-23-14-12-21(19-9-5-2-6-10-19)16-26(23)42-30(34)33-44(27,39)40/h11-16,18-19,35H,1-10,17H2,(H,31,32)/b27-24+. The highest BCUT2D eigenvalue weighted by Gasteiger charge is 2.45. The number of thioether (sulfide) groups is 1. The third-order valence-electron chi connectivity index (χ3n) is 8.87. The third-order valence-corrected chi connectivity index (χ3v) is 13.5. The Morgan fingerprint density at radius 2 is 1.59 bits per heavy atom. The molecule has 2 fully saturated rings. The maximum Gasteiger partial charge on any atom is 0.293 e. The van der Waals surface area contributed by atoms with E-state index in [9.17, 15) is 26.7 Å². The number of nitrogens with one attached hydrogen (secondary N) is 1. The van der Waals surface area contributed by atoms with Crippen LogP contribution in [0.5, 0.6) is 0 Å². The lowest BCUT2D eigenvalue weighted by atomic mass is 9.84. The van der Waals surface area contributed by atoms with Gasteiger partial charge in [0.2, 0.25) is 10.0 Å². The van der Waals surface area contributed by atoms with Crippen LogP contribution in [0, 0.1) is 0 Å². The van der Waals surface area contributed by atoms with E-state index in [2.05, 4.69) is 14.1 Å². The molecule has 2 saturated carbocycles. The lowest BCUT2D eigenvalue weighted by Gasteiger charge is -2.24. The zero-order chi connectivity index (χ0) is 30.6. The second-order valence-electron chi connectivity index (χ2n) is 11.9. The number of rotatable bonds is 6. The summed E-state index contributed by atoms with van der Waals surface area (Å²) in [5.74, 6) is -2.36. The number of anilines is 2. The average Bonchev–Trinajstić information content (AvgIpc) is 3.55. The molecule has 2 aliphatic carbocycles. The molecule has 0 radical (unpaired) electrons. The Kier molecular flexibility index (Phi) is 7.74. The van der Waals surface area contributed by atoms with Crippen molar-refractivity contribution in [2.24, 2.45) is 4.40 Å². The van der Waals surface area contributed by atoms with E-state index >= 15 is 0 Å². The number of fused-ring (bicyclic) bond motifs is 4. The van der Waals surface area contributed by atoms with E-state index in [1.54, 1.807) is 6.07 Å². The highest BCUT2D eigenvalue weighted by atomic mass is 32.2. The van der Waals surface area contributed by atoms with Crippen LogP contribution in [-0.2, 0) is 24.8 Å². The minimum Gasteiger partial charge on any atom is -0.509 e. The average molecular weight is 673 g/mol. The summed E-state index contributed by atoms with van der Waals surface area (Å²) in [6.07, 6.45) is 11.6. The van der Waals surface area contributed by atoms with Crippen LogP contribution in [0.3, 0.4) is 0 Å². The molecule has 44 heavy (non-hydrogen) atoms. The Labute approximate surface area is 264 Å². The molecule has 3 heterocycles. The Bertz CT molecular complexity index is 1940. The van der Waals surface area contributed by atoms with Crippen molar-refractivity contribution in [2.45, 2.75) is 80.9 Å². The molecule has 0 spiro atoms. The zero-order valence-corrected chi connectivity index (χ0v) is 27.1. The second kappa shape index (κ2) is 11.5. The van der Waals surface area contributed by atoms with Crippen molar-refractivity contribution in [2.75, 3.05) is 15.4 Å². The van der Waals surface area contributed by atoms with Crippen LogP contribution in [0.4, 0.5) is 10.8 Å². The Morgan fingerprint density at radius 1 is 0.955 bits per heavy atom. The molecule has 0 unspecified atom stereocenters. The van der Waals surface area contributed by atoms with Crippen LogP contribution in [0.25, 0.3) is 10.2 Å². The summed E-state index contributed by atoms with van der Waals surface area (Å²) in [6.45, 7) is 0. The van der Waals surface area contributed by atoms with Crippen LogP contribution in [0.1, 0.15) is 87.2 Å². The minimum absolute atomic E-state index is 0.0367. The summed E-state index contributed by atoms with van der Waals surface area (Å²) >= 11 is 2.24. The number of benzene rings is 2. The molecule has 2 aliphatic heterocycles. The predicted molar refractivity (Wildman–Crippen MR) is 174 cm³/mol. The molecule has 1 aromatic heterocycles. The van der Waals surface area contributed by atoms with Gasteiger partial charge in [0, 0.05) is 4.90 Å². The zero-order valence-electron chi connectivity index (χ0n) is 23.9. The molecule has 2 aromatic carbocycles. The fourth-order valence-electron chi connectivity index (χ4n) is 6.71. The van der Waals surface area contributed by atoms with Gasteiger partial charge in [0.15, 0.2) is 15.2 Å². The number of aromatic nitrogens is 1. The van der Waals surface area contributed by atoms with E-state index in [0.717, 1.165) is 76.8 Å². The number of carbonyl (C=O) groups is 1. The summed E-state index contributed by atoms with van der Waals surface area (Å²) in [5.41, 5.74) is 3.45. The summed E-state index contributed by atoms with van der Waals surface area (Å²) < 4.78 is 59.3. The molecule has 232 valence electrons. The van der Waals surface area contributed by atoms with Gasteiger partial charge in [-0.05, 0) is 84.7 Å². The topological polar surface area (TPSA) is 146 Å². The van der Waals surface area contributed by atoms with Crippen LogP contribution < -0.4 is 9.62 Å². The first-order valence-corrected chi connectivity index (χ1v) is 19.6. The lowest BCUT2D eigenvalue weighted by molar-refractivity contribution is -0.113. The first-order valence-electron chi connectivity index (χ1n) is 14.9. The molecule has 1 amide bonds. The molecular weight excluding hydrogens is 641 g/mol. The first-order chi connectivity index (χ1) is 21.1. The van der Waals surface area contributed by atoms with E-state index in [1.807, 2.05) is 30.3 Å². The fraction of sp³-hybridized carbons (Fsp3) is 0.433. The van der Waals surface area contributed by atoms with Gasteiger partial charge in [0.25, 0.3) is 15.9 Å². The number of hydrogen-bond donors (Lipinski definition) is 2. The van der Waals surface area contributed by atoms with Gasteiger partial charge in [-0.15, -0.1) is 4.40 Å².